The molecule has 0 saturated heterocycles. The molecule has 2 heteroatoms. The molecule has 0 amide bonds. The molecule has 0 aliphatic heterocycles. The molecule has 3 aliphatic carbocycles. The smallest absolute Gasteiger partial charge is 0.0442 e. The van der Waals surface area contributed by atoms with Crippen LogP contribution < -0.4 is 0 Å². The highest BCUT2D eigenvalue weighted by Crippen LogP contribution is 2.72. The summed E-state index contributed by atoms with van der Waals surface area (Å²) in [6, 6.07) is 13.7. The third kappa shape index (κ3) is 3.12. The lowest BCUT2D eigenvalue weighted by molar-refractivity contribution is 0.912. The molecule has 150 valence electrons. The minimum atomic E-state index is -0.881. The molecule has 0 bridgehead atoms. The molecule has 2 unspecified atom stereocenters. The first-order valence-electron chi connectivity index (χ1n) is 10.6. The van der Waals surface area contributed by atoms with Crippen molar-refractivity contribution in [3.8, 4) is 11.1 Å². The van der Waals surface area contributed by atoms with Gasteiger partial charge in [0.1, 0.15) is 0 Å². The maximum absolute atomic E-state index is 2.58. The van der Waals surface area contributed by atoms with Gasteiger partial charge in [-0.2, -0.15) is 9.06 Å². The standard InChI is InChI=1S/C27H30S2/c1-4-28(22-14-8-9-15-22)29(2,3)26-18-17-24-25(26)19-21-13-10-16-23(21)27(24)20-11-6-5-7-12-20/h4-9,11-12,14-15,17-19,22,26H,10,13,16H2,1-3H3. The Bertz CT molecular complexity index is 1060. The quantitative estimate of drug-likeness (QED) is 0.357. The van der Waals surface area contributed by atoms with Crippen molar-refractivity contribution in [1.29, 1.82) is 0 Å². The lowest BCUT2D eigenvalue weighted by Gasteiger charge is -2.43. The second kappa shape index (κ2) is 7.49. The molecule has 0 saturated carbocycles. The van der Waals surface area contributed by atoms with E-state index in [0.29, 0.717) is 10.5 Å². The van der Waals surface area contributed by atoms with Crippen molar-refractivity contribution in [2.45, 2.75) is 36.7 Å². The van der Waals surface area contributed by atoms with Gasteiger partial charge in [-0.3, -0.25) is 0 Å². The summed E-state index contributed by atoms with van der Waals surface area (Å²) >= 11 is 0. The molecule has 0 radical (unpaired) electrons. The van der Waals surface area contributed by atoms with Crippen molar-refractivity contribution in [2.75, 3.05) is 12.5 Å². The molecule has 0 N–H and O–H groups in total. The van der Waals surface area contributed by atoms with Crippen LogP contribution in [0.4, 0.5) is 0 Å². The molecule has 29 heavy (non-hydrogen) atoms. The summed E-state index contributed by atoms with van der Waals surface area (Å²) < 4.78 is 0. The van der Waals surface area contributed by atoms with E-state index in [1.807, 2.05) is 0 Å². The lowest BCUT2D eigenvalue weighted by atomic mass is 9.89. The van der Waals surface area contributed by atoms with Crippen molar-refractivity contribution < 1.29 is 0 Å². The molecule has 0 spiro atoms. The number of allylic oxidation sites excluding steroid dienone is 2. The van der Waals surface area contributed by atoms with Gasteiger partial charge < -0.3 is 0 Å². The van der Waals surface area contributed by atoms with Gasteiger partial charge in [0.2, 0.25) is 0 Å². The van der Waals surface area contributed by atoms with Crippen LogP contribution in [0.5, 0.6) is 0 Å². The van der Waals surface area contributed by atoms with Crippen LogP contribution in [-0.2, 0) is 12.8 Å². The van der Waals surface area contributed by atoms with Gasteiger partial charge in [-0.1, -0.05) is 78.2 Å². The average Bonchev–Trinajstić information content (AvgIpc) is 3.47. The Labute approximate surface area is 179 Å². The number of rotatable bonds is 4. The predicted molar refractivity (Wildman–Crippen MR) is 137 cm³/mol. The van der Waals surface area contributed by atoms with E-state index in [2.05, 4.69) is 97.7 Å². The zero-order valence-electron chi connectivity index (χ0n) is 17.6. The fraction of sp³-hybridized carbons (Fsp3) is 0.296. The first-order chi connectivity index (χ1) is 14.1. The Morgan fingerprint density at radius 2 is 1.76 bits per heavy atom. The zero-order chi connectivity index (χ0) is 20.0. The summed E-state index contributed by atoms with van der Waals surface area (Å²) in [7, 11) is -0.611. The van der Waals surface area contributed by atoms with Gasteiger partial charge in [0.15, 0.2) is 0 Å². The summed E-state index contributed by atoms with van der Waals surface area (Å²) in [5.74, 6) is 0. The van der Waals surface area contributed by atoms with E-state index in [9.17, 15) is 0 Å². The van der Waals surface area contributed by atoms with Gasteiger partial charge in [0.05, 0.1) is 0 Å². The van der Waals surface area contributed by atoms with Gasteiger partial charge in [-0.15, -0.1) is 9.52 Å². The lowest BCUT2D eigenvalue weighted by Crippen LogP contribution is -2.10. The molecule has 0 heterocycles. The van der Waals surface area contributed by atoms with E-state index in [0.717, 1.165) is 0 Å². The van der Waals surface area contributed by atoms with E-state index in [1.165, 1.54) is 36.0 Å². The number of hydrogen-bond donors (Lipinski definition) is 0. The van der Waals surface area contributed by atoms with Gasteiger partial charge in [-0.05, 0) is 72.1 Å². The Kier molecular flexibility index (Phi) is 4.96. The number of hydrogen-bond acceptors (Lipinski definition) is 0. The second-order valence-electron chi connectivity index (χ2n) is 8.50. The van der Waals surface area contributed by atoms with Crippen molar-refractivity contribution in [3.63, 3.8) is 0 Å². The molecule has 2 aromatic carbocycles. The third-order valence-corrected chi connectivity index (χ3v) is 15.4. The van der Waals surface area contributed by atoms with Crippen molar-refractivity contribution in [3.05, 3.63) is 89.0 Å². The Hall–Kier alpha value is -1.77. The summed E-state index contributed by atoms with van der Waals surface area (Å²) in [4.78, 5) is 0. The molecule has 0 nitrogen and oxygen atoms in total. The predicted octanol–water partition coefficient (Wildman–Crippen LogP) is 7.48. The van der Waals surface area contributed by atoms with Crippen LogP contribution in [0.1, 0.15) is 40.8 Å². The number of benzene rings is 2. The molecule has 2 aromatic rings. The monoisotopic (exact) mass is 418 g/mol. The largest absolute Gasteiger partial charge is 0.193 e. The highest BCUT2D eigenvalue weighted by molar-refractivity contribution is 8.99. The highest BCUT2D eigenvalue weighted by atomic mass is 33.2. The SMILES string of the molecule is CC=S(C1C=CC=C1)S(C)(C)C1C=Cc2c1cc1c(c2-c2ccccc2)CCC1. The molecule has 0 fully saturated rings. The number of aryl methyl sites for hydroxylation is 1. The third-order valence-electron chi connectivity index (χ3n) is 6.60. The fourth-order valence-electron chi connectivity index (χ4n) is 5.29. The fourth-order valence-corrected chi connectivity index (χ4v) is 13.5. The van der Waals surface area contributed by atoms with Crippen molar-refractivity contribution >= 4 is 30.0 Å². The van der Waals surface area contributed by atoms with Crippen LogP contribution in [0, 0.1) is 0 Å². The summed E-state index contributed by atoms with van der Waals surface area (Å²) in [5.41, 5.74) is 9.21. The summed E-state index contributed by atoms with van der Waals surface area (Å²) in [6.07, 6.45) is 23.1. The minimum absolute atomic E-state index is 0.270. The van der Waals surface area contributed by atoms with Gasteiger partial charge in [0.25, 0.3) is 0 Å². The zero-order valence-corrected chi connectivity index (χ0v) is 19.2. The molecule has 0 aromatic heterocycles. The van der Waals surface area contributed by atoms with Crippen LogP contribution >= 0.6 is 18.6 Å². The van der Waals surface area contributed by atoms with E-state index >= 15 is 0 Å². The second-order valence-corrected chi connectivity index (χ2v) is 17.0. The van der Waals surface area contributed by atoms with Crippen LogP contribution in [0.25, 0.3) is 17.2 Å². The molecule has 3 aliphatic rings. The van der Waals surface area contributed by atoms with Crippen molar-refractivity contribution in [2.24, 2.45) is 0 Å². The normalized spacial score (nSPS) is 21.7. The Morgan fingerprint density at radius 3 is 2.48 bits per heavy atom. The Balaban J connectivity index is 1.65. The maximum atomic E-state index is 2.58. The van der Waals surface area contributed by atoms with Gasteiger partial charge in [0, 0.05) is 10.5 Å². The van der Waals surface area contributed by atoms with E-state index in [-0.39, 0.29) is 9.52 Å². The molecular formula is C27H30S2. The van der Waals surface area contributed by atoms with E-state index in [4.69, 9.17) is 0 Å². The van der Waals surface area contributed by atoms with Crippen LogP contribution in [0.15, 0.2) is 66.8 Å². The molecule has 2 atom stereocenters. The van der Waals surface area contributed by atoms with Gasteiger partial charge in [-0.25, -0.2) is 0 Å². The topological polar surface area (TPSA) is 0 Å². The summed E-state index contributed by atoms with van der Waals surface area (Å²) in [5, 5.41) is 3.62. The van der Waals surface area contributed by atoms with Crippen molar-refractivity contribution in [1.82, 2.24) is 0 Å². The van der Waals surface area contributed by atoms with Crippen LogP contribution in [-0.4, -0.2) is 23.1 Å². The Morgan fingerprint density at radius 1 is 1.00 bits per heavy atom. The molecular weight excluding hydrogens is 388 g/mol. The molecule has 5 rings (SSSR count). The van der Waals surface area contributed by atoms with Crippen LogP contribution in [0.2, 0.25) is 0 Å². The van der Waals surface area contributed by atoms with Crippen LogP contribution in [0.3, 0.4) is 0 Å². The highest BCUT2D eigenvalue weighted by Gasteiger charge is 2.35. The van der Waals surface area contributed by atoms with E-state index < -0.39 is 9.06 Å². The maximum Gasteiger partial charge on any atom is 0.0442 e. The minimum Gasteiger partial charge on any atom is -0.193 e. The summed E-state index contributed by atoms with van der Waals surface area (Å²) in [6.45, 7) is 2.27. The first kappa shape index (κ1) is 19.2. The van der Waals surface area contributed by atoms with E-state index in [1.54, 1.807) is 16.7 Å². The first-order valence-corrected chi connectivity index (χ1v) is 15.0. The number of fused-ring (bicyclic) bond motifs is 2. The van der Waals surface area contributed by atoms with Gasteiger partial charge >= 0.3 is 0 Å². The average molecular weight is 419 g/mol.